The lowest BCUT2D eigenvalue weighted by molar-refractivity contribution is -0.127. The van der Waals surface area contributed by atoms with E-state index in [0.29, 0.717) is 29.9 Å². The maximum absolute atomic E-state index is 12.3. The lowest BCUT2D eigenvalue weighted by Gasteiger charge is -2.17. The molecule has 10 nitrogen and oxygen atoms in total. The third-order valence-corrected chi connectivity index (χ3v) is 4.74. The number of nitrogens with zero attached hydrogens (tertiary/aromatic N) is 8. The molecule has 134 valence electrons. The third kappa shape index (κ3) is 4.35. The number of aryl methyl sites for hydroxylation is 1. The maximum atomic E-state index is 12.3. The first-order valence-electron chi connectivity index (χ1n) is 7.82. The van der Waals surface area contributed by atoms with Crippen molar-refractivity contribution in [2.75, 3.05) is 37.8 Å². The summed E-state index contributed by atoms with van der Waals surface area (Å²) in [5.41, 5.74) is 0. The predicted molar refractivity (Wildman–Crippen MR) is 91.5 cm³/mol. The largest absolute Gasteiger partial charge is 0.471 e. The minimum Gasteiger partial charge on any atom is -0.471 e. The molecule has 3 rings (SSSR count). The summed E-state index contributed by atoms with van der Waals surface area (Å²) in [6.07, 6.45) is 3.97. The van der Waals surface area contributed by atoms with Gasteiger partial charge in [-0.05, 0) is 10.4 Å². The zero-order valence-corrected chi connectivity index (χ0v) is 15.2. The first-order chi connectivity index (χ1) is 12.0. The first kappa shape index (κ1) is 17.4. The Bertz CT molecular complexity index is 737. The third-order valence-electron chi connectivity index (χ3n) is 3.75. The van der Waals surface area contributed by atoms with E-state index in [9.17, 15) is 4.79 Å². The van der Waals surface area contributed by atoms with Gasteiger partial charge in [-0.1, -0.05) is 11.8 Å². The molecule has 1 amide bonds. The molecule has 2 aromatic heterocycles. The quantitative estimate of drug-likeness (QED) is 0.647. The van der Waals surface area contributed by atoms with Gasteiger partial charge in [0, 0.05) is 34.1 Å². The van der Waals surface area contributed by atoms with E-state index in [1.165, 1.54) is 11.8 Å². The van der Waals surface area contributed by atoms with Gasteiger partial charge in [0.2, 0.25) is 16.9 Å². The van der Waals surface area contributed by atoms with Gasteiger partial charge in [0.1, 0.15) is 6.10 Å². The summed E-state index contributed by atoms with van der Waals surface area (Å²) in [5.74, 6) is 1.56. The van der Waals surface area contributed by atoms with E-state index in [1.54, 1.807) is 29.0 Å². The average molecular weight is 364 g/mol. The van der Waals surface area contributed by atoms with Gasteiger partial charge in [0.15, 0.2) is 5.82 Å². The molecule has 11 heteroatoms. The second-order valence-corrected chi connectivity index (χ2v) is 6.79. The fourth-order valence-electron chi connectivity index (χ4n) is 2.39. The predicted octanol–water partition coefficient (Wildman–Crippen LogP) is -0.162. The smallest absolute Gasteiger partial charge is 0.234 e. The highest BCUT2D eigenvalue weighted by Gasteiger charge is 2.28. The SMILES string of the molecule is CN(C)c1cncc(OC2CCN(C(=O)CSc3nnnn3C)C2)n1. The number of amides is 1. The van der Waals surface area contributed by atoms with Crippen LogP contribution in [0.1, 0.15) is 6.42 Å². The minimum atomic E-state index is -0.0721. The summed E-state index contributed by atoms with van der Waals surface area (Å²) < 4.78 is 7.42. The fraction of sp³-hybridized carbons (Fsp3) is 0.571. The van der Waals surface area contributed by atoms with E-state index in [4.69, 9.17) is 4.74 Å². The van der Waals surface area contributed by atoms with E-state index >= 15 is 0 Å². The standard InChI is InChI=1S/C14H20N8O2S/c1-20(2)11-6-15-7-12(16-11)24-10-4-5-22(8-10)13(23)9-25-14-17-18-19-21(14)3/h6-7,10H,4-5,8-9H2,1-3H3. The first-order valence-corrected chi connectivity index (χ1v) is 8.80. The molecule has 3 heterocycles. The number of rotatable bonds is 6. The van der Waals surface area contributed by atoms with Gasteiger partial charge in [-0.15, -0.1) is 5.10 Å². The van der Waals surface area contributed by atoms with Crippen LogP contribution in [0, 0.1) is 0 Å². The Morgan fingerprint density at radius 2 is 2.28 bits per heavy atom. The molecule has 1 aliphatic heterocycles. The van der Waals surface area contributed by atoms with Crippen molar-refractivity contribution in [1.29, 1.82) is 0 Å². The second kappa shape index (κ2) is 7.64. The van der Waals surface area contributed by atoms with Crippen LogP contribution < -0.4 is 9.64 Å². The number of anilines is 1. The average Bonchev–Trinajstić information content (AvgIpc) is 3.22. The zero-order valence-electron chi connectivity index (χ0n) is 14.4. The molecule has 2 aromatic rings. The number of likely N-dealkylation sites (tertiary alicyclic amines) is 1. The highest BCUT2D eigenvalue weighted by Crippen LogP contribution is 2.20. The Morgan fingerprint density at radius 1 is 1.44 bits per heavy atom. The Balaban J connectivity index is 1.50. The fourth-order valence-corrected chi connectivity index (χ4v) is 3.15. The van der Waals surface area contributed by atoms with Crippen molar-refractivity contribution >= 4 is 23.5 Å². The molecule has 25 heavy (non-hydrogen) atoms. The highest BCUT2D eigenvalue weighted by atomic mass is 32.2. The van der Waals surface area contributed by atoms with Gasteiger partial charge < -0.3 is 14.5 Å². The Hall–Kier alpha value is -2.43. The molecule has 0 bridgehead atoms. The molecule has 0 N–H and O–H groups in total. The highest BCUT2D eigenvalue weighted by molar-refractivity contribution is 7.99. The van der Waals surface area contributed by atoms with E-state index < -0.39 is 0 Å². The number of hydrogen-bond donors (Lipinski definition) is 0. The van der Waals surface area contributed by atoms with Gasteiger partial charge >= 0.3 is 0 Å². The van der Waals surface area contributed by atoms with Gasteiger partial charge in [-0.2, -0.15) is 4.98 Å². The zero-order chi connectivity index (χ0) is 17.8. The molecule has 0 radical (unpaired) electrons. The summed E-state index contributed by atoms with van der Waals surface area (Å²) in [6, 6.07) is 0. The van der Waals surface area contributed by atoms with Crippen molar-refractivity contribution in [3.8, 4) is 5.88 Å². The number of tetrazole rings is 1. The molecule has 1 fully saturated rings. The number of ether oxygens (including phenoxy) is 1. The van der Waals surface area contributed by atoms with Crippen molar-refractivity contribution in [1.82, 2.24) is 35.1 Å². The van der Waals surface area contributed by atoms with Crippen molar-refractivity contribution in [3.63, 3.8) is 0 Å². The summed E-state index contributed by atoms with van der Waals surface area (Å²) in [5, 5.41) is 11.8. The molecule has 0 aromatic carbocycles. The lowest BCUT2D eigenvalue weighted by Crippen LogP contribution is -2.32. The van der Waals surface area contributed by atoms with Crippen LogP contribution in [-0.4, -0.2) is 80.0 Å². The number of carbonyl (C=O) groups excluding carboxylic acids is 1. The number of aromatic nitrogens is 6. The summed E-state index contributed by atoms with van der Waals surface area (Å²) in [4.78, 5) is 24.5. The normalized spacial score (nSPS) is 16.9. The minimum absolute atomic E-state index is 0.0484. The molecule has 1 saturated heterocycles. The second-order valence-electron chi connectivity index (χ2n) is 5.85. The van der Waals surface area contributed by atoms with Crippen LogP contribution in [0.25, 0.3) is 0 Å². The van der Waals surface area contributed by atoms with Crippen LogP contribution in [0.3, 0.4) is 0 Å². The van der Waals surface area contributed by atoms with Gasteiger partial charge in [0.05, 0.1) is 24.7 Å². The van der Waals surface area contributed by atoms with Gasteiger partial charge in [0.25, 0.3) is 0 Å². The van der Waals surface area contributed by atoms with Crippen molar-refractivity contribution in [3.05, 3.63) is 12.4 Å². The Labute approximate surface area is 149 Å². The molecule has 1 atom stereocenters. The molecular formula is C14H20N8O2S. The van der Waals surface area contributed by atoms with Crippen LogP contribution in [0.15, 0.2) is 17.6 Å². The number of thioether (sulfide) groups is 1. The Morgan fingerprint density at radius 3 is 3.00 bits per heavy atom. The van der Waals surface area contributed by atoms with E-state index in [2.05, 4.69) is 25.5 Å². The van der Waals surface area contributed by atoms with Crippen LogP contribution in [0.4, 0.5) is 5.82 Å². The maximum Gasteiger partial charge on any atom is 0.234 e. The summed E-state index contributed by atoms with van der Waals surface area (Å²) >= 11 is 1.33. The molecule has 1 aliphatic rings. The van der Waals surface area contributed by atoms with Crippen LogP contribution in [0.5, 0.6) is 5.88 Å². The van der Waals surface area contributed by atoms with Crippen molar-refractivity contribution in [2.24, 2.45) is 7.05 Å². The molecule has 1 unspecified atom stereocenters. The van der Waals surface area contributed by atoms with Crippen LogP contribution >= 0.6 is 11.8 Å². The van der Waals surface area contributed by atoms with Crippen LogP contribution in [-0.2, 0) is 11.8 Å². The molecular weight excluding hydrogens is 344 g/mol. The topological polar surface area (TPSA) is 102 Å². The molecule has 0 aliphatic carbocycles. The van der Waals surface area contributed by atoms with Gasteiger partial charge in [-0.25, -0.2) is 4.68 Å². The van der Waals surface area contributed by atoms with Crippen LogP contribution in [0.2, 0.25) is 0 Å². The molecule has 0 spiro atoms. The molecule has 0 saturated carbocycles. The van der Waals surface area contributed by atoms with Crippen molar-refractivity contribution < 1.29 is 9.53 Å². The Kier molecular flexibility index (Phi) is 5.31. The lowest BCUT2D eigenvalue weighted by atomic mass is 10.3. The summed E-state index contributed by atoms with van der Waals surface area (Å²) in [6.45, 7) is 1.21. The van der Waals surface area contributed by atoms with Gasteiger partial charge in [-0.3, -0.25) is 9.78 Å². The van der Waals surface area contributed by atoms with E-state index in [0.717, 1.165) is 12.2 Å². The number of carbonyl (C=O) groups is 1. The van der Waals surface area contributed by atoms with Crippen molar-refractivity contribution in [2.45, 2.75) is 17.7 Å². The van der Waals surface area contributed by atoms with E-state index in [1.807, 2.05) is 19.0 Å². The monoisotopic (exact) mass is 364 g/mol. The summed E-state index contributed by atoms with van der Waals surface area (Å²) in [7, 11) is 5.54. The van der Waals surface area contributed by atoms with E-state index in [-0.39, 0.29) is 12.0 Å². The number of hydrogen-bond acceptors (Lipinski definition) is 9.